The maximum Gasteiger partial charge on any atom is 0.195 e. The van der Waals surface area contributed by atoms with Crippen LogP contribution in [0.5, 0.6) is 0 Å². The summed E-state index contributed by atoms with van der Waals surface area (Å²) in [5.74, 6) is 0.00312. The van der Waals surface area contributed by atoms with E-state index in [1.54, 1.807) is 41.7 Å². The molecule has 1 aromatic carbocycles. The number of hydrogen-bond acceptors (Lipinski definition) is 2. The number of hydrogen-bond donors (Lipinski definition) is 0. The molecule has 0 aliphatic rings. The third-order valence-corrected chi connectivity index (χ3v) is 4.50. The van der Waals surface area contributed by atoms with Gasteiger partial charge < -0.3 is 0 Å². The van der Waals surface area contributed by atoms with E-state index in [1.165, 1.54) is 4.88 Å². The minimum absolute atomic E-state index is 0.00312. The normalized spacial score (nSPS) is 11.2. The molecule has 1 heterocycles. The van der Waals surface area contributed by atoms with Crippen LogP contribution in [0.15, 0.2) is 36.4 Å². The Morgan fingerprint density at radius 1 is 1.25 bits per heavy atom. The summed E-state index contributed by atoms with van der Waals surface area (Å²) >= 11 is 13.4. The van der Waals surface area contributed by atoms with Crippen LogP contribution in [0.3, 0.4) is 0 Å². The van der Waals surface area contributed by atoms with Crippen molar-refractivity contribution in [2.75, 3.05) is 0 Å². The highest BCUT2D eigenvalue weighted by atomic mass is 35.5. The minimum atomic E-state index is 0.00312. The van der Waals surface area contributed by atoms with Gasteiger partial charge in [-0.3, -0.25) is 4.79 Å². The summed E-state index contributed by atoms with van der Waals surface area (Å²) in [6, 6.07) is 9.11. The molecule has 2 aromatic rings. The number of carbonyl (C=O) groups excluding carboxylic acids is 1. The molecular weight excluding hydrogens is 311 g/mol. The molecule has 2 rings (SSSR count). The third-order valence-electron chi connectivity index (χ3n) is 2.78. The molecule has 0 unspecified atom stereocenters. The molecule has 0 aliphatic heterocycles. The maximum absolute atomic E-state index is 12.1. The Bertz CT molecular complexity index is 644. The molecule has 0 aliphatic carbocycles. The molecule has 0 spiro atoms. The molecule has 20 heavy (non-hydrogen) atoms. The van der Waals surface area contributed by atoms with Crippen molar-refractivity contribution in [2.45, 2.75) is 19.8 Å². The van der Waals surface area contributed by atoms with Crippen LogP contribution in [0.2, 0.25) is 10.0 Å². The van der Waals surface area contributed by atoms with E-state index in [9.17, 15) is 4.79 Å². The fourth-order valence-corrected chi connectivity index (χ4v) is 3.28. The minimum Gasteiger partial charge on any atom is -0.288 e. The van der Waals surface area contributed by atoms with Crippen LogP contribution in [-0.4, -0.2) is 5.78 Å². The predicted octanol–water partition coefficient (Wildman–Crippen LogP) is 5.90. The number of benzene rings is 1. The number of allylic oxidation sites excluding steroid dienone is 1. The molecule has 4 heteroatoms. The summed E-state index contributed by atoms with van der Waals surface area (Å²) in [5, 5.41) is 1.13. The summed E-state index contributed by atoms with van der Waals surface area (Å²) in [5.41, 5.74) is 0.787. The highest BCUT2D eigenvalue weighted by Gasteiger charge is 2.06. The Morgan fingerprint density at radius 2 is 2.05 bits per heavy atom. The molecule has 0 bridgehead atoms. The Hall–Kier alpha value is -1.09. The highest BCUT2D eigenvalue weighted by Crippen LogP contribution is 2.23. The van der Waals surface area contributed by atoms with Gasteiger partial charge in [0.1, 0.15) is 0 Å². The summed E-state index contributed by atoms with van der Waals surface area (Å²) < 4.78 is 0. The Balaban J connectivity index is 2.11. The molecule has 0 saturated heterocycles. The second kappa shape index (κ2) is 7.07. The average Bonchev–Trinajstić information content (AvgIpc) is 2.86. The van der Waals surface area contributed by atoms with E-state index in [2.05, 4.69) is 6.92 Å². The van der Waals surface area contributed by atoms with Crippen molar-refractivity contribution in [3.63, 3.8) is 0 Å². The summed E-state index contributed by atoms with van der Waals surface area (Å²) in [6.45, 7) is 2.13. The number of ketones is 1. The van der Waals surface area contributed by atoms with Crippen LogP contribution in [-0.2, 0) is 6.42 Å². The van der Waals surface area contributed by atoms with Crippen molar-refractivity contribution in [1.82, 2.24) is 0 Å². The highest BCUT2D eigenvalue weighted by molar-refractivity contribution is 7.14. The molecule has 104 valence electrons. The first-order valence-electron chi connectivity index (χ1n) is 6.36. The Kier molecular flexibility index (Phi) is 5.41. The van der Waals surface area contributed by atoms with Crippen molar-refractivity contribution in [1.29, 1.82) is 0 Å². The Morgan fingerprint density at radius 3 is 2.75 bits per heavy atom. The van der Waals surface area contributed by atoms with Crippen molar-refractivity contribution >= 4 is 46.4 Å². The summed E-state index contributed by atoms with van der Waals surface area (Å²) in [7, 11) is 0. The van der Waals surface area contributed by atoms with Crippen LogP contribution in [0.4, 0.5) is 0 Å². The van der Waals surface area contributed by atoms with E-state index in [-0.39, 0.29) is 5.78 Å². The number of aryl methyl sites for hydroxylation is 1. The van der Waals surface area contributed by atoms with Gasteiger partial charge in [-0.2, -0.15) is 0 Å². The van der Waals surface area contributed by atoms with E-state index in [0.717, 1.165) is 23.3 Å². The van der Waals surface area contributed by atoms with Crippen molar-refractivity contribution < 1.29 is 4.79 Å². The lowest BCUT2D eigenvalue weighted by Gasteiger charge is -1.98. The lowest BCUT2D eigenvalue weighted by molar-refractivity contribution is 0.105. The summed E-state index contributed by atoms with van der Waals surface area (Å²) in [4.78, 5) is 14.1. The molecule has 1 nitrogen and oxygen atoms in total. The first-order chi connectivity index (χ1) is 9.60. The quantitative estimate of drug-likeness (QED) is 0.494. The number of halogens is 2. The molecule has 1 aromatic heterocycles. The van der Waals surface area contributed by atoms with Crippen molar-refractivity contribution in [3.8, 4) is 0 Å². The lowest BCUT2D eigenvalue weighted by Crippen LogP contribution is -1.89. The van der Waals surface area contributed by atoms with Gasteiger partial charge in [0.25, 0.3) is 0 Å². The monoisotopic (exact) mass is 324 g/mol. The zero-order valence-corrected chi connectivity index (χ0v) is 13.4. The van der Waals surface area contributed by atoms with E-state index < -0.39 is 0 Å². The van der Waals surface area contributed by atoms with E-state index in [0.29, 0.717) is 10.0 Å². The lowest BCUT2D eigenvalue weighted by atomic mass is 10.2. The van der Waals surface area contributed by atoms with Crippen LogP contribution < -0.4 is 0 Å². The third kappa shape index (κ3) is 3.95. The Labute approximate surface area is 132 Å². The van der Waals surface area contributed by atoms with Gasteiger partial charge in [0.2, 0.25) is 0 Å². The molecule has 0 radical (unpaired) electrons. The first-order valence-corrected chi connectivity index (χ1v) is 7.93. The molecule has 0 atom stereocenters. The fraction of sp³-hybridized carbons (Fsp3) is 0.188. The second-order valence-electron chi connectivity index (χ2n) is 4.38. The zero-order valence-electron chi connectivity index (χ0n) is 11.0. The van der Waals surface area contributed by atoms with Crippen molar-refractivity contribution in [2.24, 2.45) is 0 Å². The molecular formula is C16H14Cl2OS. The van der Waals surface area contributed by atoms with E-state index >= 15 is 0 Å². The predicted molar refractivity (Wildman–Crippen MR) is 88.1 cm³/mol. The van der Waals surface area contributed by atoms with Gasteiger partial charge in [-0.25, -0.2) is 0 Å². The van der Waals surface area contributed by atoms with Gasteiger partial charge >= 0.3 is 0 Å². The molecule has 0 saturated carbocycles. The van der Waals surface area contributed by atoms with Gasteiger partial charge in [-0.05, 0) is 48.4 Å². The number of thiophene rings is 1. The van der Waals surface area contributed by atoms with Gasteiger partial charge in [-0.15, -0.1) is 11.3 Å². The van der Waals surface area contributed by atoms with E-state index in [4.69, 9.17) is 23.2 Å². The largest absolute Gasteiger partial charge is 0.288 e. The average molecular weight is 325 g/mol. The van der Waals surface area contributed by atoms with Crippen LogP contribution in [0.1, 0.15) is 33.5 Å². The zero-order chi connectivity index (χ0) is 14.5. The van der Waals surface area contributed by atoms with Crippen LogP contribution >= 0.6 is 34.5 Å². The standard InChI is InChI=1S/C16H14Cl2OS/c1-2-3-13-7-9-16(20-13)15(19)8-5-11-4-6-12(17)10-14(11)18/h4-10H,2-3H2,1H3/b8-5+. The second-order valence-corrected chi connectivity index (χ2v) is 6.39. The molecule has 0 fully saturated rings. The van der Waals surface area contributed by atoms with Crippen molar-refractivity contribution in [3.05, 3.63) is 61.8 Å². The number of rotatable bonds is 5. The SMILES string of the molecule is CCCc1ccc(C(=O)/C=C/c2ccc(Cl)cc2Cl)s1. The maximum atomic E-state index is 12.1. The van der Waals surface area contributed by atoms with Crippen LogP contribution in [0, 0.1) is 0 Å². The molecule has 0 N–H and O–H groups in total. The summed E-state index contributed by atoms with van der Waals surface area (Å²) in [6.07, 6.45) is 5.38. The van der Waals surface area contributed by atoms with Gasteiger partial charge in [-0.1, -0.05) is 42.6 Å². The van der Waals surface area contributed by atoms with E-state index in [1.807, 2.05) is 12.1 Å². The first kappa shape index (κ1) is 15.3. The topological polar surface area (TPSA) is 17.1 Å². The smallest absolute Gasteiger partial charge is 0.195 e. The van der Waals surface area contributed by atoms with Gasteiger partial charge in [0.15, 0.2) is 5.78 Å². The molecule has 0 amide bonds. The van der Waals surface area contributed by atoms with Crippen LogP contribution in [0.25, 0.3) is 6.08 Å². The van der Waals surface area contributed by atoms with Gasteiger partial charge in [0.05, 0.1) is 4.88 Å². The number of carbonyl (C=O) groups is 1. The van der Waals surface area contributed by atoms with Gasteiger partial charge in [0, 0.05) is 14.9 Å². The fourth-order valence-electron chi connectivity index (χ4n) is 1.78.